The number of nitro benzene ring substituents is 1. The minimum atomic E-state index is -1.06. The molecule has 2 aromatic rings. The fraction of sp³-hybridized carbons (Fsp3) is 0.250. The summed E-state index contributed by atoms with van der Waals surface area (Å²) in [4.78, 5) is 10.1. The molecule has 0 fully saturated rings. The van der Waals surface area contributed by atoms with E-state index in [-0.39, 0.29) is 17.1 Å². The first kappa shape index (κ1) is 18.3. The first-order chi connectivity index (χ1) is 10.9. The van der Waals surface area contributed by atoms with Gasteiger partial charge in [-0.1, -0.05) is 19.9 Å². The molecule has 2 rings (SSSR count). The van der Waals surface area contributed by atoms with Gasteiger partial charge < -0.3 is 10.1 Å². The average molecular weight is 324 g/mol. The molecule has 2 aromatic carbocycles. The highest BCUT2D eigenvalue weighted by molar-refractivity contribution is 5.72. The van der Waals surface area contributed by atoms with Gasteiger partial charge in [-0.15, -0.1) is 0 Å². The molecule has 0 spiro atoms. The Hall–Kier alpha value is -2.70. The Morgan fingerprint density at radius 2 is 1.74 bits per heavy atom. The molecule has 23 heavy (non-hydrogen) atoms. The van der Waals surface area contributed by atoms with Crippen LogP contribution in [0.3, 0.4) is 0 Å². The maximum atomic E-state index is 13.8. The Balaban J connectivity index is 0.00000127. The number of rotatable bonds is 4. The van der Waals surface area contributed by atoms with Crippen molar-refractivity contribution in [1.82, 2.24) is 0 Å². The van der Waals surface area contributed by atoms with Crippen LogP contribution in [0.4, 0.5) is 25.8 Å². The lowest BCUT2D eigenvalue weighted by Crippen LogP contribution is -2.02. The fourth-order valence-electron chi connectivity index (χ4n) is 1.84. The van der Waals surface area contributed by atoms with Crippen LogP contribution in [0.2, 0.25) is 0 Å². The van der Waals surface area contributed by atoms with E-state index in [0.29, 0.717) is 5.56 Å². The topological polar surface area (TPSA) is 64.4 Å². The zero-order valence-electron chi connectivity index (χ0n) is 13.3. The third-order valence-electron chi connectivity index (χ3n) is 2.85. The van der Waals surface area contributed by atoms with E-state index >= 15 is 0 Å². The number of hydrogen-bond acceptors (Lipinski definition) is 4. The summed E-state index contributed by atoms with van der Waals surface area (Å²) >= 11 is 0. The molecule has 7 heteroatoms. The van der Waals surface area contributed by atoms with Crippen LogP contribution in [0.15, 0.2) is 30.3 Å². The van der Waals surface area contributed by atoms with E-state index in [4.69, 9.17) is 4.74 Å². The van der Waals surface area contributed by atoms with Crippen LogP contribution >= 0.6 is 0 Å². The van der Waals surface area contributed by atoms with Gasteiger partial charge in [0, 0.05) is 12.1 Å². The molecule has 0 amide bonds. The molecule has 0 aliphatic heterocycles. The molecule has 0 radical (unpaired) electrons. The van der Waals surface area contributed by atoms with Gasteiger partial charge in [-0.05, 0) is 24.6 Å². The van der Waals surface area contributed by atoms with Crippen molar-refractivity contribution in [1.29, 1.82) is 0 Å². The lowest BCUT2D eigenvalue weighted by Gasteiger charge is -2.10. The van der Waals surface area contributed by atoms with E-state index in [1.165, 1.54) is 25.3 Å². The SMILES string of the molecule is CC.COc1cc(F)c([N+](=O)[O-])c(Nc2ccc(C)cc2F)c1. The maximum Gasteiger partial charge on any atom is 0.328 e. The van der Waals surface area contributed by atoms with E-state index in [1.807, 2.05) is 13.8 Å². The summed E-state index contributed by atoms with van der Waals surface area (Å²) in [5, 5.41) is 13.5. The highest BCUT2D eigenvalue weighted by atomic mass is 19.1. The molecule has 0 saturated carbocycles. The summed E-state index contributed by atoms with van der Waals surface area (Å²) in [5.74, 6) is -1.56. The molecule has 0 bridgehead atoms. The number of nitrogens with zero attached hydrogens (tertiary/aromatic N) is 1. The van der Waals surface area contributed by atoms with E-state index in [0.717, 1.165) is 6.07 Å². The average Bonchev–Trinajstić information content (AvgIpc) is 2.51. The van der Waals surface area contributed by atoms with Crippen LogP contribution in [-0.4, -0.2) is 12.0 Å². The summed E-state index contributed by atoms with van der Waals surface area (Å²) < 4.78 is 32.4. The normalized spacial score (nSPS) is 9.65. The van der Waals surface area contributed by atoms with Crippen LogP contribution in [0.25, 0.3) is 0 Å². The van der Waals surface area contributed by atoms with Gasteiger partial charge in [0.25, 0.3) is 0 Å². The van der Waals surface area contributed by atoms with Crippen molar-refractivity contribution in [2.24, 2.45) is 0 Å². The Bertz CT molecular complexity index is 706. The maximum absolute atomic E-state index is 13.8. The Morgan fingerprint density at radius 3 is 2.26 bits per heavy atom. The van der Waals surface area contributed by atoms with E-state index in [9.17, 15) is 18.9 Å². The number of ether oxygens (including phenoxy) is 1. The number of anilines is 2. The summed E-state index contributed by atoms with van der Waals surface area (Å²) in [6, 6.07) is 6.46. The molecule has 0 heterocycles. The lowest BCUT2D eigenvalue weighted by atomic mass is 10.2. The van der Waals surface area contributed by atoms with Crippen LogP contribution in [0, 0.1) is 28.7 Å². The summed E-state index contributed by atoms with van der Waals surface area (Å²) in [6.07, 6.45) is 0. The van der Waals surface area contributed by atoms with Gasteiger partial charge >= 0.3 is 5.69 Å². The molecule has 0 aliphatic rings. The van der Waals surface area contributed by atoms with Gasteiger partial charge in [0.05, 0.1) is 17.7 Å². The molecular weight excluding hydrogens is 306 g/mol. The molecule has 0 atom stereocenters. The number of nitrogens with one attached hydrogen (secondary N) is 1. The van der Waals surface area contributed by atoms with E-state index in [1.54, 1.807) is 13.0 Å². The monoisotopic (exact) mass is 324 g/mol. The van der Waals surface area contributed by atoms with Crippen LogP contribution < -0.4 is 10.1 Å². The van der Waals surface area contributed by atoms with Crippen LogP contribution in [0.1, 0.15) is 19.4 Å². The molecular formula is C16H18F2N2O3. The first-order valence-corrected chi connectivity index (χ1v) is 6.97. The predicted octanol–water partition coefficient (Wildman–Crippen LogP) is 4.96. The third kappa shape index (κ3) is 4.38. The second-order valence-electron chi connectivity index (χ2n) is 4.37. The highest BCUT2D eigenvalue weighted by Gasteiger charge is 2.23. The van der Waals surface area contributed by atoms with Gasteiger partial charge in [0.15, 0.2) is 0 Å². The quantitative estimate of drug-likeness (QED) is 0.637. The number of hydrogen-bond donors (Lipinski definition) is 1. The minimum absolute atomic E-state index is 0.0105. The summed E-state index contributed by atoms with van der Waals surface area (Å²) in [6.45, 7) is 5.71. The van der Waals surface area contributed by atoms with Gasteiger partial charge in [0.1, 0.15) is 17.3 Å². The van der Waals surface area contributed by atoms with Crippen molar-refractivity contribution in [2.45, 2.75) is 20.8 Å². The molecule has 1 N–H and O–H groups in total. The number of benzene rings is 2. The van der Waals surface area contributed by atoms with Crippen LogP contribution in [-0.2, 0) is 0 Å². The van der Waals surface area contributed by atoms with E-state index in [2.05, 4.69) is 5.32 Å². The molecule has 0 aromatic heterocycles. The number of halogens is 2. The second kappa shape index (κ2) is 8.07. The summed E-state index contributed by atoms with van der Waals surface area (Å²) in [5.41, 5.74) is -0.240. The van der Waals surface area contributed by atoms with Crippen molar-refractivity contribution in [3.63, 3.8) is 0 Å². The number of methoxy groups -OCH3 is 1. The van der Waals surface area contributed by atoms with Crippen molar-refractivity contribution in [3.05, 3.63) is 57.6 Å². The van der Waals surface area contributed by atoms with Crippen molar-refractivity contribution in [3.8, 4) is 5.75 Å². The summed E-state index contributed by atoms with van der Waals surface area (Å²) in [7, 11) is 1.30. The smallest absolute Gasteiger partial charge is 0.328 e. The number of aryl methyl sites for hydroxylation is 1. The lowest BCUT2D eigenvalue weighted by molar-refractivity contribution is -0.386. The first-order valence-electron chi connectivity index (χ1n) is 6.97. The Labute approximate surface area is 133 Å². The van der Waals surface area contributed by atoms with Crippen LogP contribution in [0.5, 0.6) is 5.75 Å². The standard InChI is InChI=1S/C14H12F2N2O3.C2H6/c1-8-3-4-12(10(15)5-8)17-13-7-9(21-2)6-11(16)14(13)18(19)20;1-2/h3-7,17H,1-2H3;1-2H3. The highest BCUT2D eigenvalue weighted by Crippen LogP contribution is 2.35. The predicted molar refractivity (Wildman–Crippen MR) is 85.4 cm³/mol. The van der Waals surface area contributed by atoms with Crippen molar-refractivity contribution in [2.75, 3.05) is 12.4 Å². The van der Waals surface area contributed by atoms with Gasteiger partial charge in [-0.3, -0.25) is 10.1 Å². The van der Waals surface area contributed by atoms with Gasteiger partial charge in [-0.2, -0.15) is 4.39 Å². The molecule has 0 unspecified atom stereocenters. The van der Waals surface area contributed by atoms with Gasteiger partial charge in [-0.25, -0.2) is 4.39 Å². The Morgan fingerprint density at radius 1 is 1.09 bits per heavy atom. The molecule has 5 nitrogen and oxygen atoms in total. The largest absolute Gasteiger partial charge is 0.497 e. The third-order valence-corrected chi connectivity index (χ3v) is 2.85. The number of nitro groups is 1. The minimum Gasteiger partial charge on any atom is -0.497 e. The van der Waals surface area contributed by atoms with E-state index < -0.39 is 22.2 Å². The van der Waals surface area contributed by atoms with Crippen molar-refractivity contribution < 1.29 is 18.4 Å². The zero-order chi connectivity index (χ0) is 17.6. The van der Waals surface area contributed by atoms with Crippen molar-refractivity contribution >= 4 is 17.1 Å². The second-order valence-corrected chi connectivity index (χ2v) is 4.37. The molecule has 0 saturated heterocycles. The molecule has 124 valence electrons. The van der Waals surface area contributed by atoms with Gasteiger partial charge in [0.2, 0.25) is 5.82 Å². The fourth-order valence-corrected chi connectivity index (χ4v) is 1.84. The Kier molecular flexibility index (Phi) is 6.44. The zero-order valence-corrected chi connectivity index (χ0v) is 13.3. The molecule has 0 aliphatic carbocycles.